The van der Waals surface area contributed by atoms with Crippen molar-refractivity contribution in [1.82, 2.24) is 0 Å². The topological polar surface area (TPSA) is 26.3 Å². The molecule has 0 unspecified atom stereocenters. The van der Waals surface area contributed by atoms with Gasteiger partial charge in [-0.2, -0.15) is 0 Å². The van der Waals surface area contributed by atoms with E-state index in [2.05, 4.69) is 13.0 Å². The number of carbonyl (C=O) groups excluding carboxylic acids is 1. The second-order valence-corrected chi connectivity index (χ2v) is 4.40. The Labute approximate surface area is 93.6 Å². The highest BCUT2D eigenvalue weighted by molar-refractivity contribution is 6.49. The number of unbranched alkanes of at least 4 members (excludes halogenated alkanes) is 1. The smallest absolute Gasteiger partial charge is 0.355 e. The summed E-state index contributed by atoms with van der Waals surface area (Å²) in [4.78, 5) is 10.7. The van der Waals surface area contributed by atoms with Crippen LogP contribution in [0.1, 0.15) is 32.3 Å². The highest BCUT2D eigenvalue weighted by Crippen LogP contribution is 2.02. The standard InChI is InChI=1S/C12H16O2Si/c1-3-4-7-11-8-5-6-9-12(11)15-14-10(2)13/h5-6,8-9H,3-4,7H2,1-2H3. The first kappa shape index (κ1) is 12.0. The van der Waals surface area contributed by atoms with Crippen molar-refractivity contribution < 1.29 is 9.22 Å². The van der Waals surface area contributed by atoms with Crippen LogP contribution in [0.5, 0.6) is 0 Å². The van der Waals surface area contributed by atoms with Crippen LogP contribution in [0.15, 0.2) is 24.3 Å². The Morgan fingerprint density at radius 1 is 1.40 bits per heavy atom. The lowest BCUT2D eigenvalue weighted by Gasteiger charge is -2.06. The number of benzene rings is 1. The minimum Gasteiger partial charge on any atom is -0.511 e. The third-order valence-electron chi connectivity index (χ3n) is 2.12. The molecule has 0 aliphatic heterocycles. The predicted octanol–water partition coefficient (Wildman–Crippen LogP) is 1.84. The fourth-order valence-corrected chi connectivity index (χ4v) is 2.09. The SMILES string of the molecule is CCCCc1ccccc1[Si]OC(C)=O. The van der Waals surface area contributed by atoms with Crippen molar-refractivity contribution in [2.45, 2.75) is 33.1 Å². The maximum atomic E-state index is 10.7. The van der Waals surface area contributed by atoms with E-state index in [0.717, 1.165) is 11.6 Å². The van der Waals surface area contributed by atoms with Crippen LogP contribution >= 0.6 is 0 Å². The van der Waals surface area contributed by atoms with Crippen LogP contribution in [0.2, 0.25) is 0 Å². The first-order valence-electron chi connectivity index (χ1n) is 5.25. The van der Waals surface area contributed by atoms with Crippen molar-refractivity contribution in [3.63, 3.8) is 0 Å². The summed E-state index contributed by atoms with van der Waals surface area (Å²) in [5, 5.41) is 1.15. The van der Waals surface area contributed by atoms with Crippen molar-refractivity contribution in [1.29, 1.82) is 0 Å². The zero-order chi connectivity index (χ0) is 11.1. The van der Waals surface area contributed by atoms with Gasteiger partial charge >= 0.3 is 9.76 Å². The maximum Gasteiger partial charge on any atom is 0.355 e. The minimum atomic E-state index is -0.210. The molecule has 0 spiro atoms. The van der Waals surface area contributed by atoms with E-state index in [9.17, 15) is 4.79 Å². The highest BCUT2D eigenvalue weighted by Gasteiger charge is 2.05. The Balaban J connectivity index is 2.63. The van der Waals surface area contributed by atoms with E-state index in [1.54, 1.807) is 0 Å². The second-order valence-electron chi connectivity index (χ2n) is 3.46. The average Bonchev–Trinajstić information content (AvgIpc) is 2.24. The molecule has 1 aromatic carbocycles. The van der Waals surface area contributed by atoms with Crippen LogP contribution in [-0.2, 0) is 15.6 Å². The lowest BCUT2D eigenvalue weighted by molar-refractivity contribution is -0.131. The van der Waals surface area contributed by atoms with Crippen LogP contribution < -0.4 is 5.19 Å². The van der Waals surface area contributed by atoms with Gasteiger partial charge in [0.15, 0.2) is 0 Å². The van der Waals surface area contributed by atoms with E-state index >= 15 is 0 Å². The van der Waals surface area contributed by atoms with Crippen molar-refractivity contribution in [3.8, 4) is 0 Å². The van der Waals surface area contributed by atoms with Crippen molar-refractivity contribution in [2.75, 3.05) is 0 Å². The molecule has 80 valence electrons. The van der Waals surface area contributed by atoms with Gasteiger partial charge < -0.3 is 4.43 Å². The van der Waals surface area contributed by atoms with Crippen LogP contribution in [0.4, 0.5) is 0 Å². The van der Waals surface area contributed by atoms with Crippen LogP contribution in [0.25, 0.3) is 0 Å². The summed E-state index contributed by atoms with van der Waals surface area (Å²) in [5.74, 6) is -0.210. The van der Waals surface area contributed by atoms with E-state index in [1.165, 1.54) is 25.3 Å². The summed E-state index contributed by atoms with van der Waals surface area (Å²) in [6, 6.07) is 8.17. The third kappa shape index (κ3) is 4.30. The van der Waals surface area contributed by atoms with Crippen molar-refractivity contribution >= 4 is 20.9 Å². The Hall–Kier alpha value is -1.09. The van der Waals surface area contributed by atoms with Crippen LogP contribution in [0.3, 0.4) is 0 Å². The molecule has 0 fully saturated rings. The number of hydrogen-bond donors (Lipinski definition) is 0. The summed E-state index contributed by atoms with van der Waals surface area (Å²) in [7, 11) is 0.145. The molecule has 0 atom stereocenters. The molecule has 0 bridgehead atoms. The lowest BCUT2D eigenvalue weighted by Crippen LogP contribution is -2.23. The van der Waals surface area contributed by atoms with Gasteiger partial charge in [0, 0.05) is 6.92 Å². The van der Waals surface area contributed by atoms with Crippen molar-refractivity contribution in [3.05, 3.63) is 29.8 Å². The molecule has 0 saturated carbocycles. The number of carbonyl (C=O) groups is 1. The molecule has 1 rings (SSSR count). The first-order valence-corrected chi connectivity index (χ1v) is 6.16. The molecule has 15 heavy (non-hydrogen) atoms. The summed E-state index contributed by atoms with van der Waals surface area (Å²) in [5.41, 5.74) is 1.30. The van der Waals surface area contributed by atoms with Crippen molar-refractivity contribution in [2.24, 2.45) is 0 Å². The van der Waals surface area contributed by atoms with E-state index < -0.39 is 0 Å². The van der Waals surface area contributed by atoms with Gasteiger partial charge in [-0.1, -0.05) is 37.6 Å². The van der Waals surface area contributed by atoms with Crippen LogP contribution in [-0.4, -0.2) is 15.7 Å². The minimum absolute atomic E-state index is 0.145. The zero-order valence-corrected chi connectivity index (χ0v) is 10.2. The Bertz CT molecular complexity index is 323. The molecular weight excluding hydrogens is 204 g/mol. The normalized spacial score (nSPS) is 10.0. The Kier molecular flexibility index (Phi) is 5.11. The van der Waals surface area contributed by atoms with E-state index in [1.807, 2.05) is 18.2 Å². The van der Waals surface area contributed by atoms with Gasteiger partial charge in [-0.3, -0.25) is 4.79 Å². The van der Waals surface area contributed by atoms with E-state index in [-0.39, 0.29) is 15.7 Å². The van der Waals surface area contributed by atoms with Gasteiger partial charge in [0.05, 0.1) is 0 Å². The number of hydrogen-bond acceptors (Lipinski definition) is 2. The molecule has 0 N–H and O–H groups in total. The number of aryl methyl sites for hydroxylation is 1. The van der Waals surface area contributed by atoms with E-state index in [0.29, 0.717) is 0 Å². The average molecular weight is 220 g/mol. The monoisotopic (exact) mass is 220 g/mol. The zero-order valence-electron chi connectivity index (χ0n) is 9.25. The van der Waals surface area contributed by atoms with Gasteiger partial charge in [-0.15, -0.1) is 0 Å². The van der Waals surface area contributed by atoms with Gasteiger partial charge in [0.1, 0.15) is 0 Å². The Morgan fingerprint density at radius 3 is 2.80 bits per heavy atom. The molecule has 0 amide bonds. The molecule has 0 saturated heterocycles. The third-order valence-corrected chi connectivity index (χ3v) is 3.22. The van der Waals surface area contributed by atoms with Gasteiger partial charge in [0.2, 0.25) is 0 Å². The molecule has 2 nitrogen and oxygen atoms in total. The molecule has 2 radical (unpaired) electrons. The first-order chi connectivity index (χ1) is 7.24. The van der Waals surface area contributed by atoms with Gasteiger partial charge in [-0.05, 0) is 23.6 Å². The summed E-state index contributed by atoms with van der Waals surface area (Å²) in [6.07, 6.45) is 3.44. The number of rotatable bonds is 5. The molecule has 0 aliphatic carbocycles. The summed E-state index contributed by atoms with van der Waals surface area (Å²) >= 11 is 0. The molecule has 3 heteroatoms. The second kappa shape index (κ2) is 6.40. The largest absolute Gasteiger partial charge is 0.511 e. The Morgan fingerprint density at radius 2 is 2.13 bits per heavy atom. The fourth-order valence-electron chi connectivity index (χ4n) is 1.33. The highest BCUT2D eigenvalue weighted by atomic mass is 28.2. The maximum absolute atomic E-state index is 10.7. The van der Waals surface area contributed by atoms with Gasteiger partial charge in [0.25, 0.3) is 5.97 Å². The van der Waals surface area contributed by atoms with E-state index in [4.69, 9.17) is 4.43 Å². The molecule has 0 heterocycles. The molecule has 1 aromatic rings. The molecule has 0 aromatic heterocycles. The molecule has 0 aliphatic rings. The quantitative estimate of drug-likeness (QED) is 0.708. The van der Waals surface area contributed by atoms with Gasteiger partial charge in [-0.25, -0.2) is 0 Å². The lowest BCUT2D eigenvalue weighted by atomic mass is 10.1. The fraction of sp³-hybridized carbons (Fsp3) is 0.417. The van der Waals surface area contributed by atoms with Crippen LogP contribution in [0, 0.1) is 0 Å². The predicted molar refractivity (Wildman–Crippen MR) is 62.2 cm³/mol. The summed E-state index contributed by atoms with van der Waals surface area (Å²) in [6.45, 7) is 3.62. The molecular formula is C12H16O2Si. The summed E-state index contributed by atoms with van der Waals surface area (Å²) < 4.78 is 5.04.